The summed E-state index contributed by atoms with van der Waals surface area (Å²) in [5, 5.41) is 0. The minimum absolute atomic E-state index is 0.0164. The van der Waals surface area contributed by atoms with Crippen molar-refractivity contribution in [2.24, 2.45) is 28.6 Å². The van der Waals surface area contributed by atoms with Crippen LogP contribution in [0.1, 0.15) is 59.3 Å². The first-order valence-electron chi connectivity index (χ1n) is 11.9. The van der Waals surface area contributed by atoms with Gasteiger partial charge in [0.1, 0.15) is 6.10 Å². The van der Waals surface area contributed by atoms with E-state index in [9.17, 15) is 0 Å². The van der Waals surface area contributed by atoms with Crippen LogP contribution < -0.4 is 0 Å². The maximum Gasteiger partial charge on any atom is 0.198 e. The molecule has 29 heavy (non-hydrogen) atoms. The van der Waals surface area contributed by atoms with Gasteiger partial charge < -0.3 is 18.9 Å². The summed E-state index contributed by atoms with van der Waals surface area (Å²) < 4.78 is 25.4. The maximum atomic E-state index is 6.46. The van der Waals surface area contributed by atoms with Gasteiger partial charge in [-0.15, -0.1) is 0 Å². The monoisotopic (exact) mass is 400 g/mol. The molecule has 0 aromatic rings. The van der Waals surface area contributed by atoms with Crippen LogP contribution in [-0.2, 0) is 18.9 Å². The van der Waals surface area contributed by atoms with Gasteiger partial charge in [0.25, 0.3) is 0 Å². The highest BCUT2D eigenvalue weighted by atomic mass is 16.7. The van der Waals surface area contributed by atoms with Gasteiger partial charge in [0.05, 0.1) is 32.5 Å². The average molecular weight is 401 g/mol. The van der Waals surface area contributed by atoms with Crippen LogP contribution in [0, 0.1) is 28.6 Å². The second-order valence-electron chi connectivity index (χ2n) is 10.9. The highest BCUT2D eigenvalue weighted by molar-refractivity contribution is 5.40. The van der Waals surface area contributed by atoms with Gasteiger partial charge in [-0.2, -0.15) is 0 Å². The quantitative estimate of drug-likeness (QED) is 0.593. The second kappa shape index (κ2) is 6.41. The molecule has 1 spiro atoms. The first-order valence-corrected chi connectivity index (χ1v) is 11.9. The molecular weight excluding hydrogens is 364 g/mol. The van der Waals surface area contributed by atoms with Crippen molar-refractivity contribution in [1.29, 1.82) is 0 Å². The summed E-state index contributed by atoms with van der Waals surface area (Å²) in [7, 11) is 0. The van der Waals surface area contributed by atoms with Crippen LogP contribution in [0.5, 0.6) is 0 Å². The number of hydrogen-bond donors (Lipinski definition) is 0. The lowest BCUT2D eigenvalue weighted by Crippen LogP contribution is -2.61. The molecule has 0 radical (unpaired) electrons. The molecule has 4 heteroatoms. The van der Waals surface area contributed by atoms with Crippen molar-refractivity contribution in [2.75, 3.05) is 26.4 Å². The summed E-state index contributed by atoms with van der Waals surface area (Å²) in [6, 6.07) is 0. The van der Waals surface area contributed by atoms with Gasteiger partial charge in [-0.05, 0) is 67.6 Å². The molecule has 5 aliphatic heterocycles. The number of ether oxygens (including phenoxy) is 4. The zero-order valence-electron chi connectivity index (χ0n) is 18.2. The van der Waals surface area contributed by atoms with Crippen LogP contribution in [-0.4, -0.2) is 44.4 Å². The Hall–Kier alpha value is -0.680. The van der Waals surface area contributed by atoms with E-state index in [1.807, 2.05) is 0 Å². The Kier molecular flexibility index (Phi) is 4.21. The van der Waals surface area contributed by atoms with E-state index in [0.29, 0.717) is 49.6 Å². The molecule has 0 amide bonds. The summed E-state index contributed by atoms with van der Waals surface area (Å²) in [6.07, 6.45) is 12.3. The molecule has 5 heterocycles. The van der Waals surface area contributed by atoms with Crippen molar-refractivity contribution in [2.45, 2.75) is 77.3 Å². The maximum absolute atomic E-state index is 6.46. The minimum atomic E-state index is -0.631. The van der Waals surface area contributed by atoms with E-state index in [4.69, 9.17) is 18.9 Å². The molecule has 4 saturated heterocycles. The fourth-order valence-corrected chi connectivity index (χ4v) is 8.28. The van der Waals surface area contributed by atoms with Crippen LogP contribution in [0.3, 0.4) is 0 Å². The van der Waals surface area contributed by atoms with Crippen molar-refractivity contribution in [3.63, 3.8) is 0 Å². The highest BCUT2D eigenvalue weighted by Crippen LogP contribution is 2.66. The van der Waals surface area contributed by atoms with E-state index < -0.39 is 5.79 Å². The predicted octanol–water partition coefficient (Wildman–Crippen LogP) is 4.64. The topological polar surface area (TPSA) is 36.9 Å². The molecule has 0 aromatic heterocycles. The fourth-order valence-electron chi connectivity index (χ4n) is 8.28. The Morgan fingerprint density at radius 3 is 2.52 bits per heavy atom. The van der Waals surface area contributed by atoms with Crippen molar-refractivity contribution in [3.8, 4) is 0 Å². The van der Waals surface area contributed by atoms with Gasteiger partial charge >= 0.3 is 0 Å². The molecule has 4 nitrogen and oxygen atoms in total. The van der Waals surface area contributed by atoms with E-state index in [1.54, 1.807) is 5.57 Å². The van der Waals surface area contributed by atoms with E-state index in [0.717, 1.165) is 12.8 Å². The third kappa shape index (κ3) is 2.52. The average Bonchev–Trinajstić information content (AvgIpc) is 3.06. The molecule has 8 bridgehead atoms. The molecule has 3 saturated carbocycles. The lowest BCUT2D eigenvalue weighted by Gasteiger charge is -2.59. The highest BCUT2D eigenvalue weighted by Gasteiger charge is 2.61. The Morgan fingerprint density at radius 1 is 0.897 bits per heavy atom. The predicted molar refractivity (Wildman–Crippen MR) is 110 cm³/mol. The SMILES string of the molecule is C[C@@H]1OCCO[C@@]23CC4=CC=C5[C@@H](CC[C@]6(C)[C@@H]1CC[C@@H]56)[C@@]4(C)C[C@H]2OCCO3. The molecule has 0 N–H and O–H groups in total. The van der Waals surface area contributed by atoms with Crippen LogP contribution >= 0.6 is 0 Å². The summed E-state index contributed by atoms with van der Waals surface area (Å²) in [6.45, 7) is 9.85. The number of hydrogen-bond acceptors (Lipinski definition) is 4. The zero-order valence-corrected chi connectivity index (χ0v) is 18.2. The zero-order chi connectivity index (χ0) is 19.9. The first kappa shape index (κ1) is 19.0. The van der Waals surface area contributed by atoms with Crippen molar-refractivity contribution < 1.29 is 18.9 Å². The lowest BCUT2D eigenvalue weighted by molar-refractivity contribution is -0.341. The molecule has 0 aromatic carbocycles. The van der Waals surface area contributed by atoms with E-state index >= 15 is 0 Å². The Bertz CT molecular complexity index is 758. The molecule has 160 valence electrons. The van der Waals surface area contributed by atoms with Gasteiger partial charge in [0, 0.05) is 6.42 Å². The summed E-state index contributed by atoms with van der Waals surface area (Å²) >= 11 is 0. The number of allylic oxidation sites excluding steroid dienone is 3. The van der Waals surface area contributed by atoms with Crippen molar-refractivity contribution in [3.05, 3.63) is 23.3 Å². The van der Waals surface area contributed by atoms with E-state index in [1.165, 1.54) is 31.3 Å². The summed E-state index contributed by atoms with van der Waals surface area (Å²) in [4.78, 5) is 0. The number of fused-ring (bicyclic) bond motifs is 1. The summed E-state index contributed by atoms with van der Waals surface area (Å²) in [5.74, 6) is 1.37. The lowest BCUT2D eigenvalue weighted by atomic mass is 9.49. The molecule has 4 aliphatic carbocycles. The molecular formula is C25H36O4. The van der Waals surface area contributed by atoms with E-state index in [-0.39, 0.29) is 17.6 Å². The van der Waals surface area contributed by atoms with Gasteiger partial charge in [0.15, 0.2) is 5.79 Å². The Labute approximate surface area is 175 Å². The van der Waals surface area contributed by atoms with Crippen molar-refractivity contribution >= 4 is 0 Å². The van der Waals surface area contributed by atoms with Crippen LogP contribution in [0.4, 0.5) is 0 Å². The second-order valence-corrected chi connectivity index (χ2v) is 10.9. The molecule has 7 fully saturated rings. The largest absolute Gasteiger partial charge is 0.376 e. The van der Waals surface area contributed by atoms with Gasteiger partial charge in [-0.25, -0.2) is 0 Å². The van der Waals surface area contributed by atoms with E-state index in [2.05, 4.69) is 32.9 Å². The van der Waals surface area contributed by atoms with Gasteiger partial charge in [-0.1, -0.05) is 37.1 Å². The Balaban J connectivity index is 1.47. The smallest absolute Gasteiger partial charge is 0.198 e. The van der Waals surface area contributed by atoms with Gasteiger partial charge in [-0.3, -0.25) is 0 Å². The van der Waals surface area contributed by atoms with Crippen LogP contribution in [0.25, 0.3) is 0 Å². The Morgan fingerprint density at radius 2 is 1.69 bits per heavy atom. The summed E-state index contributed by atoms with van der Waals surface area (Å²) in [5.41, 5.74) is 3.78. The third-order valence-electron chi connectivity index (χ3n) is 9.83. The van der Waals surface area contributed by atoms with Gasteiger partial charge in [0.2, 0.25) is 0 Å². The standard InChI is InChI=1S/C25H36O4/c1-16-19-6-7-20-18-5-4-17-14-25(28-12-10-26-16)22(27-11-13-29-25)15-24(17,3)21(18)8-9-23(19,20)2/h4-5,16,19-22H,6-15H2,1-3H3/t16-,19+,20-,21+,22+,23+,24-,25+/m0/s1. The molecule has 0 unspecified atom stereocenters. The minimum Gasteiger partial charge on any atom is -0.376 e. The van der Waals surface area contributed by atoms with Crippen LogP contribution in [0.2, 0.25) is 0 Å². The van der Waals surface area contributed by atoms with Crippen LogP contribution in [0.15, 0.2) is 23.3 Å². The molecule has 9 aliphatic rings. The molecule has 8 atom stereocenters. The molecule has 9 rings (SSSR count). The third-order valence-corrected chi connectivity index (χ3v) is 9.83. The van der Waals surface area contributed by atoms with Crippen molar-refractivity contribution in [1.82, 2.24) is 0 Å². The fraction of sp³-hybridized carbons (Fsp3) is 0.840. The first-order chi connectivity index (χ1) is 14.0. The number of rotatable bonds is 0. The normalized spacial score (nSPS) is 54.0.